The molecule has 0 saturated carbocycles. The van der Waals surface area contributed by atoms with Gasteiger partial charge in [0.25, 0.3) is 0 Å². The van der Waals surface area contributed by atoms with Crippen molar-refractivity contribution in [3.63, 3.8) is 0 Å². The summed E-state index contributed by atoms with van der Waals surface area (Å²) in [6.45, 7) is 4.23. The van der Waals surface area contributed by atoms with Gasteiger partial charge in [0.1, 0.15) is 5.82 Å². The van der Waals surface area contributed by atoms with Crippen molar-refractivity contribution in [3.8, 4) is 0 Å². The number of pyridine rings is 1. The highest BCUT2D eigenvalue weighted by Crippen LogP contribution is 2.29. The van der Waals surface area contributed by atoms with Gasteiger partial charge >= 0.3 is 0 Å². The second-order valence-electron chi connectivity index (χ2n) is 4.65. The van der Waals surface area contributed by atoms with Crippen molar-refractivity contribution in [1.29, 1.82) is 0 Å². The number of nitrogens with two attached hydrogens (primary N) is 1. The Morgan fingerprint density at radius 1 is 1.25 bits per heavy atom. The van der Waals surface area contributed by atoms with Crippen molar-refractivity contribution >= 4 is 17.6 Å². The molecule has 0 saturated heterocycles. The van der Waals surface area contributed by atoms with Gasteiger partial charge in [0.05, 0.1) is 6.04 Å². The lowest BCUT2D eigenvalue weighted by atomic mass is 9.96. The SMILES string of the molecule is CCSc1ccc(C(NC)c2c(C)ccnc2N)cc1. The highest BCUT2D eigenvalue weighted by Gasteiger charge is 2.17. The lowest BCUT2D eigenvalue weighted by Gasteiger charge is -2.20. The van der Waals surface area contributed by atoms with Crippen LogP contribution in [0.4, 0.5) is 5.82 Å². The first kappa shape index (κ1) is 14.9. The summed E-state index contributed by atoms with van der Waals surface area (Å²) in [5, 5.41) is 3.34. The average Bonchev–Trinajstić information content (AvgIpc) is 2.45. The Morgan fingerprint density at radius 2 is 1.95 bits per heavy atom. The van der Waals surface area contributed by atoms with E-state index < -0.39 is 0 Å². The van der Waals surface area contributed by atoms with E-state index in [1.807, 2.05) is 24.9 Å². The van der Waals surface area contributed by atoms with E-state index >= 15 is 0 Å². The standard InChI is InChI=1S/C16H21N3S/c1-4-20-13-7-5-12(6-8-13)15(18-3)14-11(2)9-10-19-16(14)17/h5-10,15,18H,4H2,1-3H3,(H2,17,19). The maximum Gasteiger partial charge on any atom is 0.128 e. The van der Waals surface area contributed by atoms with Crippen LogP contribution >= 0.6 is 11.8 Å². The fourth-order valence-corrected chi connectivity index (χ4v) is 3.03. The number of thioether (sulfide) groups is 1. The van der Waals surface area contributed by atoms with Crippen molar-refractivity contribution in [3.05, 3.63) is 53.2 Å². The molecule has 0 spiro atoms. The van der Waals surface area contributed by atoms with E-state index in [9.17, 15) is 0 Å². The van der Waals surface area contributed by atoms with E-state index in [1.165, 1.54) is 10.5 Å². The average molecular weight is 287 g/mol. The molecule has 2 rings (SSSR count). The maximum atomic E-state index is 6.06. The Kier molecular flexibility index (Phi) is 5.04. The van der Waals surface area contributed by atoms with E-state index in [0.29, 0.717) is 5.82 Å². The Hall–Kier alpha value is -1.52. The van der Waals surface area contributed by atoms with Gasteiger partial charge in [-0.3, -0.25) is 0 Å². The van der Waals surface area contributed by atoms with Gasteiger partial charge < -0.3 is 11.1 Å². The first-order valence-electron chi connectivity index (χ1n) is 6.78. The zero-order chi connectivity index (χ0) is 14.5. The molecule has 0 fully saturated rings. The lowest BCUT2D eigenvalue weighted by molar-refractivity contribution is 0.686. The predicted molar refractivity (Wildman–Crippen MR) is 87.1 cm³/mol. The number of aromatic nitrogens is 1. The number of aryl methyl sites for hydroxylation is 1. The van der Waals surface area contributed by atoms with Crippen molar-refractivity contribution in [2.45, 2.75) is 24.8 Å². The third-order valence-electron chi connectivity index (χ3n) is 3.34. The molecule has 0 amide bonds. The lowest BCUT2D eigenvalue weighted by Crippen LogP contribution is -2.20. The maximum absolute atomic E-state index is 6.06. The molecule has 0 bridgehead atoms. The summed E-state index contributed by atoms with van der Waals surface area (Å²) in [6, 6.07) is 10.7. The molecule has 1 unspecified atom stereocenters. The smallest absolute Gasteiger partial charge is 0.128 e. The molecule has 1 aromatic heterocycles. The molecule has 1 atom stereocenters. The van der Waals surface area contributed by atoms with Crippen LogP contribution in [-0.4, -0.2) is 17.8 Å². The highest BCUT2D eigenvalue weighted by molar-refractivity contribution is 7.99. The zero-order valence-corrected chi connectivity index (χ0v) is 13.0. The van der Waals surface area contributed by atoms with Crippen LogP contribution in [0.25, 0.3) is 0 Å². The second kappa shape index (κ2) is 6.77. The molecule has 1 aromatic carbocycles. The number of rotatable bonds is 5. The minimum Gasteiger partial charge on any atom is -0.383 e. The van der Waals surface area contributed by atoms with Gasteiger partial charge in [0.15, 0.2) is 0 Å². The van der Waals surface area contributed by atoms with Crippen LogP contribution in [0.3, 0.4) is 0 Å². The summed E-state index contributed by atoms with van der Waals surface area (Å²) in [5.41, 5.74) is 9.48. The Bertz CT molecular complexity index is 546. The van der Waals surface area contributed by atoms with Gasteiger partial charge in [-0.2, -0.15) is 0 Å². The Labute approximate surface area is 125 Å². The minimum absolute atomic E-state index is 0.0735. The van der Waals surface area contributed by atoms with Crippen molar-refractivity contribution in [2.24, 2.45) is 0 Å². The molecule has 20 heavy (non-hydrogen) atoms. The summed E-state index contributed by atoms with van der Waals surface area (Å²) in [5.74, 6) is 1.68. The first-order valence-corrected chi connectivity index (χ1v) is 7.77. The van der Waals surface area contributed by atoms with E-state index in [-0.39, 0.29) is 6.04 Å². The normalized spacial score (nSPS) is 12.3. The molecule has 4 heteroatoms. The van der Waals surface area contributed by atoms with Gasteiger partial charge in [-0.05, 0) is 49.1 Å². The van der Waals surface area contributed by atoms with Crippen LogP contribution in [0.15, 0.2) is 41.4 Å². The van der Waals surface area contributed by atoms with Gasteiger partial charge in [0.2, 0.25) is 0 Å². The van der Waals surface area contributed by atoms with E-state index in [0.717, 1.165) is 16.9 Å². The number of nitrogen functional groups attached to an aromatic ring is 1. The zero-order valence-electron chi connectivity index (χ0n) is 12.2. The minimum atomic E-state index is 0.0735. The molecule has 106 valence electrons. The molecule has 3 nitrogen and oxygen atoms in total. The topological polar surface area (TPSA) is 50.9 Å². The molecule has 3 N–H and O–H groups in total. The van der Waals surface area contributed by atoms with E-state index in [4.69, 9.17) is 5.73 Å². The molecule has 2 aromatic rings. The van der Waals surface area contributed by atoms with E-state index in [1.54, 1.807) is 6.20 Å². The van der Waals surface area contributed by atoms with Crippen LogP contribution in [0.2, 0.25) is 0 Å². The monoisotopic (exact) mass is 287 g/mol. The summed E-state index contributed by atoms with van der Waals surface area (Å²) in [4.78, 5) is 5.51. The van der Waals surface area contributed by atoms with Crippen molar-refractivity contribution in [1.82, 2.24) is 10.3 Å². The van der Waals surface area contributed by atoms with E-state index in [2.05, 4.69) is 48.4 Å². The Morgan fingerprint density at radius 3 is 2.50 bits per heavy atom. The number of hydrogen-bond acceptors (Lipinski definition) is 4. The van der Waals surface area contributed by atoms with Crippen LogP contribution in [0, 0.1) is 6.92 Å². The number of benzene rings is 1. The molecule has 1 heterocycles. The van der Waals surface area contributed by atoms with Gasteiger partial charge in [0, 0.05) is 16.7 Å². The van der Waals surface area contributed by atoms with Crippen LogP contribution in [0.1, 0.15) is 29.7 Å². The molecule has 0 radical (unpaired) electrons. The van der Waals surface area contributed by atoms with Gasteiger partial charge in [-0.15, -0.1) is 11.8 Å². The highest BCUT2D eigenvalue weighted by atomic mass is 32.2. The van der Waals surface area contributed by atoms with Crippen LogP contribution in [0.5, 0.6) is 0 Å². The summed E-state index contributed by atoms with van der Waals surface area (Å²) in [7, 11) is 1.95. The molecule has 0 aliphatic rings. The second-order valence-corrected chi connectivity index (χ2v) is 5.99. The third-order valence-corrected chi connectivity index (χ3v) is 4.23. The largest absolute Gasteiger partial charge is 0.383 e. The summed E-state index contributed by atoms with van der Waals surface area (Å²) < 4.78 is 0. The fourth-order valence-electron chi connectivity index (χ4n) is 2.37. The first-order chi connectivity index (χ1) is 9.67. The number of nitrogens with one attached hydrogen (secondary N) is 1. The quantitative estimate of drug-likeness (QED) is 0.828. The number of hydrogen-bond donors (Lipinski definition) is 2. The Balaban J connectivity index is 2.37. The summed E-state index contributed by atoms with van der Waals surface area (Å²) in [6.07, 6.45) is 1.75. The molecule has 0 aliphatic heterocycles. The van der Waals surface area contributed by atoms with Crippen LogP contribution in [-0.2, 0) is 0 Å². The summed E-state index contributed by atoms with van der Waals surface area (Å²) >= 11 is 1.85. The fraction of sp³-hybridized carbons (Fsp3) is 0.312. The molecular formula is C16H21N3S. The number of anilines is 1. The number of nitrogens with zero attached hydrogens (tertiary/aromatic N) is 1. The van der Waals surface area contributed by atoms with Gasteiger partial charge in [-0.1, -0.05) is 19.1 Å². The van der Waals surface area contributed by atoms with Gasteiger partial charge in [-0.25, -0.2) is 4.98 Å². The van der Waals surface area contributed by atoms with Crippen LogP contribution < -0.4 is 11.1 Å². The predicted octanol–water partition coefficient (Wildman–Crippen LogP) is 3.39. The van der Waals surface area contributed by atoms with Crippen molar-refractivity contribution < 1.29 is 0 Å². The molecular weight excluding hydrogens is 266 g/mol. The molecule has 0 aliphatic carbocycles. The third kappa shape index (κ3) is 3.14. The van der Waals surface area contributed by atoms with Crippen molar-refractivity contribution in [2.75, 3.05) is 18.5 Å².